The van der Waals surface area contributed by atoms with Crippen molar-refractivity contribution in [2.24, 2.45) is 0 Å². The lowest BCUT2D eigenvalue weighted by Gasteiger charge is -2.06. The van der Waals surface area contributed by atoms with Gasteiger partial charge in [-0.25, -0.2) is 4.39 Å². The molecule has 1 rings (SSSR count). The molecule has 1 aromatic carbocycles. The van der Waals surface area contributed by atoms with Gasteiger partial charge in [-0.05, 0) is 29.4 Å². The van der Waals surface area contributed by atoms with Crippen molar-refractivity contribution < 1.29 is 14.3 Å². The maximum absolute atomic E-state index is 13.3. The molecule has 0 fully saturated rings. The van der Waals surface area contributed by atoms with Crippen molar-refractivity contribution >= 4 is 28.5 Å². The lowest BCUT2D eigenvalue weighted by molar-refractivity contribution is 0.0946. The second kappa shape index (κ2) is 6.67. The van der Waals surface area contributed by atoms with Gasteiger partial charge in [0.2, 0.25) is 0 Å². The standard InChI is InChI=1S/C11H13FINO2/c12-8-4-3-5-9(15)10(8)11(16)14-7-2-1-6-13/h3-5,15H,1-2,6-7H2,(H,14,16). The van der Waals surface area contributed by atoms with E-state index in [9.17, 15) is 14.3 Å². The van der Waals surface area contributed by atoms with E-state index in [1.54, 1.807) is 0 Å². The summed E-state index contributed by atoms with van der Waals surface area (Å²) in [6.45, 7) is 0.496. The molecular weight excluding hydrogens is 324 g/mol. The Labute approximate surface area is 107 Å². The minimum absolute atomic E-state index is 0.281. The van der Waals surface area contributed by atoms with Crippen molar-refractivity contribution in [3.05, 3.63) is 29.6 Å². The number of unbranched alkanes of at least 4 members (excludes halogenated alkanes) is 1. The van der Waals surface area contributed by atoms with E-state index in [4.69, 9.17) is 0 Å². The predicted octanol–water partition coefficient (Wildman–Crippen LogP) is 2.48. The highest BCUT2D eigenvalue weighted by Crippen LogP contribution is 2.19. The van der Waals surface area contributed by atoms with Crippen LogP contribution in [0.2, 0.25) is 0 Å². The number of carbonyl (C=O) groups excluding carboxylic acids is 1. The molecule has 1 aromatic rings. The van der Waals surface area contributed by atoms with Crippen LogP contribution in [0.1, 0.15) is 23.2 Å². The Morgan fingerprint density at radius 1 is 1.44 bits per heavy atom. The van der Waals surface area contributed by atoms with Gasteiger partial charge in [-0.2, -0.15) is 0 Å². The summed E-state index contributed by atoms with van der Waals surface area (Å²) in [5.74, 6) is -1.60. The lowest BCUT2D eigenvalue weighted by Crippen LogP contribution is -2.25. The number of alkyl halides is 1. The zero-order valence-electron chi connectivity index (χ0n) is 8.67. The van der Waals surface area contributed by atoms with Crippen molar-refractivity contribution in [1.29, 1.82) is 0 Å². The van der Waals surface area contributed by atoms with Crippen LogP contribution < -0.4 is 5.32 Å². The first kappa shape index (κ1) is 13.2. The number of carbonyl (C=O) groups is 1. The number of amides is 1. The molecule has 0 radical (unpaired) electrons. The van der Waals surface area contributed by atoms with Crippen LogP contribution in [0.25, 0.3) is 0 Å². The minimum atomic E-state index is -0.702. The molecule has 1 amide bonds. The van der Waals surface area contributed by atoms with Crippen LogP contribution in [0.15, 0.2) is 18.2 Å². The molecular formula is C11H13FINO2. The Balaban J connectivity index is 2.59. The summed E-state index contributed by atoms with van der Waals surface area (Å²) < 4.78 is 14.3. The number of halogens is 2. The molecule has 0 bridgehead atoms. The Morgan fingerprint density at radius 2 is 2.19 bits per heavy atom. The van der Waals surface area contributed by atoms with Crippen molar-refractivity contribution in [2.45, 2.75) is 12.8 Å². The predicted molar refractivity (Wildman–Crippen MR) is 68.5 cm³/mol. The van der Waals surface area contributed by atoms with E-state index in [1.807, 2.05) is 0 Å². The van der Waals surface area contributed by atoms with Gasteiger partial charge in [-0.1, -0.05) is 28.7 Å². The quantitative estimate of drug-likeness (QED) is 0.493. The molecule has 0 spiro atoms. The molecule has 88 valence electrons. The van der Waals surface area contributed by atoms with Gasteiger partial charge in [0.25, 0.3) is 5.91 Å². The summed E-state index contributed by atoms with van der Waals surface area (Å²) in [6.07, 6.45) is 1.86. The van der Waals surface area contributed by atoms with E-state index in [-0.39, 0.29) is 11.3 Å². The first-order valence-corrected chi connectivity index (χ1v) is 6.51. The summed E-state index contributed by atoms with van der Waals surface area (Å²) in [5, 5.41) is 11.9. The van der Waals surface area contributed by atoms with Gasteiger partial charge in [0.1, 0.15) is 17.1 Å². The fourth-order valence-electron chi connectivity index (χ4n) is 1.25. The SMILES string of the molecule is O=C(NCCCCI)c1c(O)cccc1F. The number of rotatable bonds is 5. The number of phenols is 1. The zero-order valence-corrected chi connectivity index (χ0v) is 10.8. The molecule has 0 aliphatic carbocycles. The van der Waals surface area contributed by atoms with Crippen LogP contribution in [-0.4, -0.2) is 22.0 Å². The molecule has 16 heavy (non-hydrogen) atoms. The highest BCUT2D eigenvalue weighted by molar-refractivity contribution is 14.1. The molecule has 3 nitrogen and oxygen atoms in total. The monoisotopic (exact) mass is 337 g/mol. The molecule has 0 aliphatic heterocycles. The van der Waals surface area contributed by atoms with E-state index in [1.165, 1.54) is 12.1 Å². The number of nitrogens with one attached hydrogen (secondary N) is 1. The van der Waals surface area contributed by atoms with E-state index in [2.05, 4.69) is 27.9 Å². The van der Waals surface area contributed by atoms with Gasteiger partial charge in [-0.3, -0.25) is 4.79 Å². The Morgan fingerprint density at radius 3 is 2.81 bits per heavy atom. The first-order chi connectivity index (χ1) is 7.66. The van der Waals surface area contributed by atoms with Crippen molar-refractivity contribution in [3.63, 3.8) is 0 Å². The fraction of sp³-hybridized carbons (Fsp3) is 0.364. The molecule has 0 atom stereocenters. The van der Waals surface area contributed by atoms with Gasteiger partial charge in [0.15, 0.2) is 0 Å². The number of hydrogen-bond donors (Lipinski definition) is 2. The molecule has 0 aromatic heterocycles. The second-order valence-corrected chi connectivity index (χ2v) is 4.36. The molecule has 0 unspecified atom stereocenters. The topological polar surface area (TPSA) is 49.3 Å². The third kappa shape index (κ3) is 3.62. The van der Waals surface area contributed by atoms with Crippen LogP contribution in [-0.2, 0) is 0 Å². The molecule has 0 saturated carbocycles. The highest BCUT2D eigenvalue weighted by atomic mass is 127. The molecule has 0 heterocycles. The summed E-state index contributed by atoms with van der Waals surface area (Å²) in [5.41, 5.74) is -0.281. The smallest absolute Gasteiger partial charge is 0.258 e. The van der Waals surface area contributed by atoms with Crippen LogP contribution >= 0.6 is 22.6 Å². The van der Waals surface area contributed by atoms with E-state index < -0.39 is 11.7 Å². The molecule has 2 N–H and O–H groups in total. The number of phenolic OH excluding ortho intramolecular Hbond substituents is 1. The van der Waals surface area contributed by atoms with Crippen molar-refractivity contribution in [2.75, 3.05) is 11.0 Å². The number of hydrogen-bond acceptors (Lipinski definition) is 2. The van der Waals surface area contributed by atoms with Gasteiger partial charge in [0, 0.05) is 6.54 Å². The maximum atomic E-state index is 13.3. The minimum Gasteiger partial charge on any atom is -0.507 e. The average molecular weight is 337 g/mol. The van der Waals surface area contributed by atoms with Gasteiger partial charge < -0.3 is 10.4 Å². The summed E-state index contributed by atoms with van der Waals surface area (Å²) in [4.78, 5) is 11.5. The van der Waals surface area contributed by atoms with Crippen LogP contribution in [0.3, 0.4) is 0 Å². The van der Waals surface area contributed by atoms with Crippen molar-refractivity contribution in [1.82, 2.24) is 5.32 Å². The van der Waals surface area contributed by atoms with Gasteiger partial charge in [-0.15, -0.1) is 0 Å². The normalized spacial score (nSPS) is 10.1. The molecule has 0 saturated heterocycles. The van der Waals surface area contributed by atoms with Crippen LogP contribution in [0, 0.1) is 5.82 Å². The Hall–Kier alpha value is -0.850. The van der Waals surface area contributed by atoms with Gasteiger partial charge >= 0.3 is 0 Å². The Bertz CT molecular complexity index is 351. The molecule has 5 heteroatoms. The van der Waals surface area contributed by atoms with E-state index >= 15 is 0 Å². The number of benzene rings is 1. The third-order valence-electron chi connectivity index (χ3n) is 2.06. The number of aromatic hydroxyl groups is 1. The van der Waals surface area contributed by atoms with E-state index in [0.29, 0.717) is 6.54 Å². The zero-order chi connectivity index (χ0) is 12.0. The summed E-state index contributed by atoms with van der Waals surface area (Å²) >= 11 is 2.25. The third-order valence-corrected chi connectivity index (χ3v) is 2.83. The second-order valence-electron chi connectivity index (χ2n) is 3.29. The summed E-state index contributed by atoms with van der Waals surface area (Å²) in [6, 6.07) is 3.81. The van der Waals surface area contributed by atoms with Crippen LogP contribution in [0.4, 0.5) is 4.39 Å². The average Bonchev–Trinajstić information content (AvgIpc) is 2.24. The molecule has 0 aliphatic rings. The van der Waals surface area contributed by atoms with Gasteiger partial charge in [0.05, 0.1) is 0 Å². The maximum Gasteiger partial charge on any atom is 0.258 e. The lowest BCUT2D eigenvalue weighted by atomic mass is 10.1. The van der Waals surface area contributed by atoms with Crippen molar-refractivity contribution in [3.8, 4) is 5.75 Å². The van der Waals surface area contributed by atoms with E-state index in [0.717, 1.165) is 23.3 Å². The highest BCUT2D eigenvalue weighted by Gasteiger charge is 2.15. The first-order valence-electron chi connectivity index (χ1n) is 4.98. The Kier molecular flexibility index (Phi) is 5.51. The fourth-order valence-corrected chi connectivity index (χ4v) is 1.79. The largest absolute Gasteiger partial charge is 0.507 e. The van der Waals surface area contributed by atoms with Crippen LogP contribution in [0.5, 0.6) is 5.75 Å². The summed E-state index contributed by atoms with van der Waals surface area (Å²) in [7, 11) is 0.